The molecule has 1 nitrogen and oxygen atoms in total. The molecule has 0 spiro atoms. The summed E-state index contributed by atoms with van der Waals surface area (Å²) in [6.07, 6.45) is 1.43. The zero-order valence-corrected chi connectivity index (χ0v) is 10.1. The van der Waals surface area contributed by atoms with Crippen LogP contribution in [0.4, 0.5) is 0 Å². The van der Waals surface area contributed by atoms with Gasteiger partial charge in [-0.1, -0.05) is 30.3 Å². The van der Waals surface area contributed by atoms with E-state index in [1.165, 1.54) is 5.56 Å². The lowest BCUT2D eigenvalue weighted by molar-refractivity contribution is 0.0982. The first kappa shape index (κ1) is 11.1. The Morgan fingerprint density at radius 3 is 2.56 bits per heavy atom. The zero-order chi connectivity index (χ0) is 11.4. The molecule has 82 valence electrons. The highest BCUT2D eigenvalue weighted by atomic mass is 32.1. The van der Waals surface area contributed by atoms with Gasteiger partial charge in [0.05, 0.1) is 0 Å². The van der Waals surface area contributed by atoms with E-state index in [4.69, 9.17) is 0 Å². The summed E-state index contributed by atoms with van der Waals surface area (Å²) in [4.78, 5) is 11.9. The minimum absolute atomic E-state index is 0.252. The van der Waals surface area contributed by atoms with E-state index in [1.54, 1.807) is 11.3 Å². The standard InChI is InChI=1S/C14H14OS/c1-11-9-16-10-13(11)14(15)8-7-12-5-3-2-4-6-12/h2-6,9-10H,7-8H2,1H3. The van der Waals surface area contributed by atoms with Crippen molar-refractivity contribution in [1.29, 1.82) is 0 Å². The van der Waals surface area contributed by atoms with Crippen molar-refractivity contribution in [1.82, 2.24) is 0 Å². The average molecular weight is 230 g/mol. The highest BCUT2D eigenvalue weighted by Crippen LogP contribution is 2.16. The van der Waals surface area contributed by atoms with Crippen molar-refractivity contribution in [3.8, 4) is 0 Å². The Labute approximate surface area is 99.8 Å². The molecule has 0 saturated carbocycles. The molecule has 16 heavy (non-hydrogen) atoms. The topological polar surface area (TPSA) is 17.1 Å². The largest absolute Gasteiger partial charge is 0.294 e. The molecule has 1 aromatic carbocycles. The summed E-state index contributed by atoms with van der Waals surface area (Å²) in [5.74, 6) is 0.252. The fourth-order valence-electron chi connectivity index (χ4n) is 1.68. The van der Waals surface area contributed by atoms with Gasteiger partial charge < -0.3 is 0 Å². The molecule has 0 unspecified atom stereocenters. The van der Waals surface area contributed by atoms with Gasteiger partial charge in [0.15, 0.2) is 5.78 Å². The van der Waals surface area contributed by atoms with Crippen molar-refractivity contribution in [3.63, 3.8) is 0 Å². The van der Waals surface area contributed by atoms with Crippen molar-refractivity contribution >= 4 is 17.1 Å². The number of Topliss-reactive ketones (excluding diaryl/α,β-unsaturated/α-hetero) is 1. The summed E-state index contributed by atoms with van der Waals surface area (Å²) in [6, 6.07) is 10.1. The zero-order valence-electron chi connectivity index (χ0n) is 9.27. The van der Waals surface area contributed by atoms with Crippen LogP contribution in [-0.2, 0) is 6.42 Å². The molecule has 2 heteroatoms. The second kappa shape index (κ2) is 5.08. The van der Waals surface area contributed by atoms with E-state index in [0.717, 1.165) is 17.5 Å². The first-order chi connectivity index (χ1) is 7.77. The van der Waals surface area contributed by atoms with Crippen LogP contribution in [0.15, 0.2) is 41.1 Å². The molecule has 0 bridgehead atoms. The van der Waals surface area contributed by atoms with Crippen LogP contribution in [0.3, 0.4) is 0 Å². The number of rotatable bonds is 4. The third-order valence-corrected chi connectivity index (χ3v) is 3.50. The van der Waals surface area contributed by atoms with E-state index >= 15 is 0 Å². The summed E-state index contributed by atoms with van der Waals surface area (Å²) in [5, 5.41) is 3.97. The maximum absolute atomic E-state index is 11.9. The maximum atomic E-state index is 11.9. The Hall–Kier alpha value is -1.41. The number of benzene rings is 1. The second-order valence-electron chi connectivity index (χ2n) is 3.88. The molecule has 1 aromatic heterocycles. The Kier molecular flexibility index (Phi) is 3.52. The van der Waals surface area contributed by atoms with Crippen molar-refractivity contribution < 1.29 is 4.79 Å². The average Bonchev–Trinajstić information content (AvgIpc) is 2.74. The molecular formula is C14H14OS. The molecule has 2 rings (SSSR count). The van der Waals surface area contributed by atoms with E-state index in [9.17, 15) is 4.79 Å². The highest BCUT2D eigenvalue weighted by molar-refractivity contribution is 7.08. The van der Waals surface area contributed by atoms with Gasteiger partial charge in [0.25, 0.3) is 0 Å². The molecule has 0 aliphatic carbocycles. The number of hydrogen-bond donors (Lipinski definition) is 0. The van der Waals surface area contributed by atoms with Gasteiger partial charge in [-0.3, -0.25) is 4.79 Å². The van der Waals surface area contributed by atoms with Crippen molar-refractivity contribution in [2.75, 3.05) is 0 Å². The molecular weight excluding hydrogens is 216 g/mol. The molecule has 1 heterocycles. The number of carbonyl (C=O) groups is 1. The summed E-state index contributed by atoms with van der Waals surface area (Å²) in [5.41, 5.74) is 3.22. The van der Waals surface area contributed by atoms with Gasteiger partial charge in [0.2, 0.25) is 0 Å². The van der Waals surface area contributed by atoms with Crippen LogP contribution in [0.25, 0.3) is 0 Å². The van der Waals surface area contributed by atoms with Gasteiger partial charge in [0, 0.05) is 17.4 Å². The lowest BCUT2D eigenvalue weighted by atomic mass is 10.0. The normalized spacial score (nSPS) is 10.3. The quantitative estimate of drug-likeness (QED) is 0.729. The predicted molar refractivity (Wildman–Crippen MR) is 68.1 cm³/mol. The second-order valence-corrected chi connectivity index (χ2v) is 4.62. The number of aryl methyl sites for hydroxylation is 2. The van der Waals surface area contributed by atoms with Crippen LogP contribution in [0.2, 0.25) is 0 Å². The molecule has 0 aliphatic rings. The van der Waals surface area contributed by atoms with Gasteiger partial charge in [-0.15, -0.1) is 0 Å². The lowest BCUT2D eigenvalue weighted by Gasteiger charge is -2.00. The minimum atomic E-state index is 0.252. The third kappa shape index (κ3) is 2.58. The first-order valence-corrected chi connectivity index (χ1v) is 6.31. The molecule has 0 saturated heterocycles. The third-order valence-electron chi connectivity index (χ3n) is 2.64. The number of carbonyl (C=O) groups excluding carboxylic acids is 1. The number of hydrogen-bond acceptors (Lipinski definition) is 2. The van der Waals surface area contributed by atoms with Gasteiger partial charge in [-0.05, 0) is 29.9 Å². The molecule has 0 amide bonds. The SMILES string of the molecule is Cc1cscc1C(=O)CCc1ccccc1. The van der Waals surface area contributed by atoms with Gasteiger partial charge in [-0.2, -0.15) is 11.3 Å². The summed E-state index contributed by atoms with van der Waals surface area (Å²) in [7, 11) is 0. The Bertz CT molecular complexity index is 470. The summed E-state index contributed by atoms with van der Waals surface area (Å²) < 4.78 is 0. The smallest absolute Gasteiger partial charge is 0.164 e. The van der Waals surface area contributed by atoms with Crippen LogP contribution in [0.5, 0.6) is 0 Å². The van der Waals surface area contributed by atoms with E-state index in [0.29, 0.717) is 6.42 Å². The Morgan fingerprint density at radius 2 is 1.94 bits per heavy atom. The first-order valence-electron chi connectivity index (χ1n) is 5.37. The number of ketones is 1. The monoisotopic (exact) mass is 230 g/mol. The molecule has 0 fully saturated rings. The summed E-state index contributed by atoms with van der Waals surface area (Å²) >= 11 is 1.60. The summed E-state index contributed by atoms with van der Waals surface area (Å²) in [6.45, 7) is 1.99. The minimum Gasteiger partial charge on any atom is -0.294 e. The molecule has 0 atom stereocenters. The molecule has 0 N–H and O–H groups in total. The van der Waals surface area contributed by atoms with Crippen LogP contribution in [0.1, 0.15) is 27.9 Å². The van der Waals surface area contributed by atoms with E-state index in [2.05, 4.69) is 12.1 Å². The van der Waals surface area contributed by atoms with Gasteiger partial charge >= 0.3 is 0 Å². The fourth-order valence-corrected chi connectivity index (χ4v) is 2.54. The van der Waals surface area contributed by atoms with Crippen molar-refractivity contribution in [3.05, 3.63) is 57.8 Å². The van der Waals surface area contributed by atoms with Crippen LogP contribution in [0, 0.1) is 6.92 Å². The lowest BCUT2D eigenvalue weighted by Crippen LogP contribution is -2.01. The van der Waals surface area contributed by atoms with E-state index in [-0.39, 0.29) is 5.78 Å². The van der Waals surface area contributed by atoms with Crippen LogP contribution >= 0.6 is 11.3 Å². The molecule has 0 aliphatic heterocycles. The number of thiophene rings is 1. The van der Waals surface area contributed by atoms with E-state index in [1.807, 2.05) is 35.9 Å². The Morgan fingerprint density at radius 1 is 1.19 bits per heavy atom. The van der Waals surface area contributed by atoms with Gasteiger partial charge in [0.1, 0.15) is 0 Å². The Balaban J connectivity index is 1.97. The fraction of sp³-hybridized carbons (Fsp3) is 0.214. The predicted octanol–water partition coefficient (Wildman–Crippen LogP) is 3.87. The van der Waals surface area contributed by atoms with Gasteiger partial charge in [-0.25, -0.2) is 0 Å². The van der Waals surface area contributed by atoms with Crippen LogP contribution < -0.4 is 0 Å². The highest BCUT2D eigenvalue weighted by Gasteiger charge is 2.09. The van der Waals surface area contributed by atoms with Crippen LogP contribution in [-0.4, -0.2) is 5.78 Å². The van der Waals surface area contributed by atoms with E-state index < -0.39 is 0 Å². The van der Waals surface area contributed by atoms with Crippen molar-refractivity contribution in [2.45, 2.75) is 19.8 Å². The molecule has 2 aromatic rings. The maximum Gasteiger partial charge on any atom is 0.164 e. The molecule has 0 radical (unpaired) electrons. The van der Waals surface area contributed by atoms with Crippen molar-refractivity contribution in [2.24, 2.45) is 0 Å².